The summed E-state index contributed by atoms with van der Waals surface area (Å²) in [5.41, 5.74) is 4.11. The van der Waals surface area contributed by atoms with Gasteiger partial charge in [0, 0.05) is 12.7 Å². The molecule has 0 aliphatic heterocycles. The van der Waals surface area contributed by atoms with Crippen molar-refractivity contribution in [3.63, 3.8) is 0 Å². The van der Waals surface area contributed by atoms with E-state index in [1.807, 2.05) is 78.5 Å². The van der Waals surface area contributed by atoms with Gasteiger partial charge in [-0.2, -0.15) is 10.2 Å². The van der Waals surface area contributed by atoms with Crippen LogP contribution in [-0.4, -0.2) is 19.6 Å². The molecule has 0 radical (unpaired) electrons. The highest BCUT2D eigenvalue weighted by Crippen LogP contribution is 2.20. The second-order valence-electron chi connectivity index (χ2n) is 6.70. The third-order valence-corrected chi connectivity index (χ3v) is 4.96. The van der Waals surface area contributed by atoms with Crippen molar-refractivity contribution in [3.8, 4) is 5.69 Å². The molecular weight excluding hydrogens is 386 g/mol. The van der Waals surface area contributed by atoms with Gasteiger partial charge >= 0.3 is 0 Å². The maximum atomic E-state index is 12.6. The smallest absolute Gasteiger partial charge is 0.287 e. The second-order valence-corrected chi connectivity index (χ2v) is 7.08. The summed E-state index contributed by atoms with van der Waals surface area (Å²) in [6.07, 6.45) is 3.51. The van der Waals surface area contributed by atoms with Gasteiger partial charge in [0.1, 0.15) is 5.02 Å². The Balaban J connectivity index is 1.54. The molecule has 0 spiro atoms. The van der Waals surface area contributed by atoms with E-state index < -0.39 is 0 Å². The van der Waals surface area contributed by atoms with Crippen LogP contribution < -0.4 is 10.9 Å². The minimum absolute atomic E-state index is 0.128. The van der Waals surface area contributed by atoms with Gasteiger partial charge in [0.25, 0.3) is 5.56 Å². The van der Waals surface area contributed by atoms with Gasteiger partial charge in [0.15, 0.2) is 0 Å². The molecule has 2 aromatic heterocycles. The first-order chi connectivity index (χ1) is 14.1. The summed E-state index contributed by atoms with van der Waals surface area (Å²) < 4.78 is 3.20. The van der Waals surface area contributed by atoms with Gasteiger partial charge < -0.3 is 5.32 Å². The lowest BCUT2D eigenvalue weighted by molar-refractivity contribution is 0.640. The van der Waals surface area contributed by atoms with Crippen LogP contribution in [0.1, 0.15) is 16.8 Å². The van der Waals surface area contributed by atoms with Crippen molar-refractivity contribution in [1.29, 1.82) is 0 Å². The summed E-state index contributed by atoms with van der Waals surface area (Å²) >= 11 is 6.34. The molecule has 0 saturated heterocycles. The Morgan fingerprint density at radius 3 is 2.55 bits per heavy atom. The zero-order valence-corrected chi connectivity index (χ0v) is 16.7. The summed E-state index contributed by atoms with van der Waals surface area (Å²) in [5, 5.41) is 12.1. The van der Waals surface area contributed by atoms with E-state index in [-0.39, 0.29) is 10.6 Å². The van der Waals surface area contributed by atoms with E-state index >= 15 is 0 Å². The van der Waals surface area contributed by atoms with Crippen LogP contribution >= 0.6 is 11.6 Å². The van der Waals surface area contributed by atoms with Crippen LogP contribution in [0, 0.1) is 6.92 Å². The van der Waals surface area contributed by atoms with Crippen LogP contribution in [0.2, 0.25) is 5.02 Å². The number of hydrogen-bond donors (Lipinski definition) is 1. The minimum atomic E-state index is -0.323. The predicted molar refractivity (Wildman–Crippen MR) is 115 cm³/mol. The number of benzene rings is 2. The highest BCUT2D eigenvalue weighted by atomic mass is 35.5. The lowest BCUT2D eigenvalue weighted by Crippen LogP contribution is -2.24. The summed E-state index contributed by atoms with van der Waals surface area (Å²) in [7, 11) is 0. The fourth-order valence-electron chi connectivity index (χ4n) is 3.08. The fourth-order valence-corrected chi connectivity index (χ4v) is 3.29. The maximum absolute atomic E-state index is 12.6. The quantitative estimate of drug-likeness (QED) is 0.525. The van der Waals surface area contributed by atoms with E-state index in [0.29, 0.717) is 18.8 Å². The number of aromatic nitrogens is 4. The highest BCUT2D eigenvalue weighted by molar-refractivity contribution is 6.32. The number of rotatable bonds is 6. The number of anilines is 1. The van der Waals surface area contributed by atoms with E-state index in [9.17, 15) is 4.79 Å². The molecule has 0 bridgehead atoms. The number of nitrogens with zero attached hydrogens (tertiary/aromatic N) is 4. The molecule has 0 saturated carbocycles. The number of aryl methyl sites for hydroxylation is 1. The molecule has 0 atom stereocenters. The van der Waals surface area contributed by atoms with Crippen molar-refractivity contribution < 1.29 is 0 Å². The average Bonchev–Trinajstić information content (AvgIpc) is 3.18. The van der Waals surface area contributed by atoms with Gasteiger partial charge in [-0.15, -0.1) is 0 Å². The molecule has 0 aliphatic carbocycles. The number of nitrogens with one attached hydrogen (secondary N) is 1. The summed E-state index contributed by atoms with van der Waals surface area (Å²) in [6.45, 7) is 2.81. The first-order valence-electron chi connectivity index (χ1n) is 9.26. The van der Waals surface area contributed by atoms with Crippen LogP contribution in [0.15, 0.2) is 77.9 Å². The Morgan fingerprint density at radius 2 is 1.79 bits per heavy atom. The molecule has 0 aliphatic rings. The lowest BCUT2D eigenvalue weighted by Gasteiger charge is -2.13. The van der Waals surface area contributed by atoms with E-state index in [2.05, 4.69) is 15.5 Å². The van der Waals surface area contributed by atoms with Crippen molar-refractivity contribution in [1.82, 2.24) is 19.6 Å². The molecule has 0 amide bonds. The van der Waals surface area contributed by atoms with Gasteiger partial charge in [-0.05, 0) is 30.2 Å². The van der Waals surface area contributed by atoms with Crippen LogP contribution in [0.3, 0.4) is 0 Å². The Bertz CT molecular complexity index is 1180. The molecular formula is C22H20ClN5O. The van der Waals surface area contributed by atoms with Gasteiger partial charge in [0.2, 0.25) is 0 Å². The topological polar surface area (TPSA) is 64.7 Å². The third kappa shape index (κ3) is 4.22. The zero-order valence-electron chi connectivity index (χ0n) is 15.9. The van der Waals surface area contributed by atoms with Gasteiger partial charge in [-0.25, -0.2) is 9.36 Å². The van der Waals surface area contributed by atoms with Crippen molar-refractivity contribution in [2.24, 2.45) is 0 Å². The van der Waals surface area contributed by atoms with Crippen molar-refractivity contribution in [2.45, 2.75) is 20.0 Å². The van der Waals surface area contributed by atoms with Gasteiger partial charge in [-0.1, -0.05) is 60.1 Å². The number of para-hydroxylation sites is 1. The van der Waals surface area contributed by atoms with Crippen LogP contribution in [0.5, 0.6) is 0 Å². The van der Waals surface area contributed by atoms with Crippen molar-refractivity contribution in [2.75, 3.05) is 5.32 Å². The molecule has 0 fully saturated rings. The molecule has 4 aromatic rings. The monoisotopic (exact) mass is 405 g/mol. The lowest BCUT2D eigenvalue weighted by atomic mass is 10.1. The summed E-state index contributed by atoms with van der Waals surface area (Å²) in [6, 6.07) is 19.6. The SMILES string of the molecule is Cc1ccn(-c2ccccc2CNc2cnn(Cc3ccccc3)c(=O)c2Cl)n1. The Labute approximate surface area is 173 Å². The van der Waals surface area contributed by atoms with Crippen LogP contribution in [0.4, 0.5) is 5.69 Å². The number of hydrogen-bond acceptors (Lipinski definition) is 4. The van der Waals surface area contributed by atoms with E-state index in [1.54, 1.807) is 6.20 Å². The normalized spacial score (nSPS) is 10.8. The van der Waals surface area contributed by atoms with E-state index in [1.165, 1.54) is 4.68 Å². The Morgan fingerprint density at radius 1 is 1.03 bits per heavy atom. The first-order valence-corrected chi connectivity index (χ1v) is 9.63. The minimum Gasteiger partial charge on any atom is -0.378 e. The van der Waals surface area contributed by atoms with Gasteiger partial charge in [0.05, 0.1) is 29.8 Å². The van der Waals surface area contributed by atoms with Crippen LogP contribution in [-0.2, 0) is 13.1 Å². The van der Waals surface area contributed by atoms with Gasteiger partial charge in [-0.3, -0.25) is 4.79 Å². The predicted octanol–water partition coefficient (Wildman–Crippen LogP) is 4.05. The molecule has 2 heterocycles. The fraction of sp³-hybridized carbons (Fsp3) is 0.136. The van der Waals surface area contributed by atoms with E-state index in [0.717, 1.165) is 22.5 Å². The van der Waals surface area contributed by atoms with Crippen molar-refractivity contribution in [3.05, 3.63) is 105 Å². The molecule has 0 unspecified atom stereocenters. The van der Waals surface area contributed by atoms with Crippen LogP contribution in [0.25, 0.3) is 5.69 Å². The first kappa shape index (κ1) is 19.0. The van der Waals surface area contributed by atoms with Crippen molar-refractivity contribution >= 4 is 17.3 Å². The standard InChI is InChI=1S/C22H20ClN5O/c1-16-11-12-27(26-16)20-10-6-5-9-18(20)13-24-19-14-25-28(22(29)21(19)23)15-17-7-3-2-4-8-17/h2-12,14,24H,13,15H2,1H3. The molecule has 1 N–H and O–H groups in total. The summed E-state index contributed by atoms with van der Waals surface area (Å²) in [4.78, 5) is 12.6. The third-order valence-electron chi connectivity index (χ3n) is 4.59. The molecule has 6 nitrogen and oxygen atoms in total. The molecule has 4 rings (SSSR count). The molecule has 146 valence electrons. The average molecular weight is 406 g/mol. The number of halogens is 1. The van der Waals surface area contributed by atoms with E-state index in [4.69, 9.17) is 11.6 Å². The Kier molecular flexibility index (Phi) is 5.44. The summed E-state index contributed by atoms with van der Waals surface area (Å²) in [5.74, 6) is 0. The highest BCUT2D eigenvalue weighted by Gasteiger charge is 2.11. The maximum Gasteiger partial charge on any atom is 0.287 e. The molecule has 2 aromatic carbocycles. The Hall–Kier alpha value is -3.38. The molecule has 29 heavy (non-hydrogen) atoms. The molecule has 7 heteroatoms. The second kappa shape index (κ2) is 8.32. The largest absolute Gasteiger partial charge is 0.378 e. The zero-order chi connectivity index (χ0) is 20.2.